The molecule has 0 unspecified atom stereocenters. The molecule has 1 aliphatic heterocycles. The van der Waals surface area contributed by atoms with Gasteiger partial charge in [-0.1, -0.05) is 0 Å². The van der Waals surface area contributed by atoms with Gasteiger partial charge in [0.25, 0.3) is 0 Å². The normalized spacial score (nSPS) is 16.9. The number of hydrogen-bond acceptors (Lipinski definition) is 3. The second kappa shape index (κ2) is 3.79. The smallest absolute Gasteiger partial charge is 0.147 e. The minimum Gasteiger partial charge on any atom is -0.464 e. The van der Waals surface area contributed by atoms with Crippen molar-refractivity contribution in [1.82, 2.24) is 5.32 Å². The highest BCUT2D eigenvalue weighted by molar-refractivity contribution is 5.81. The van der Waals surface area contributed by atoms with Crippen LogP contribution in [0.25, 0.3) is 11.0 Å². The summed E-state index contributed by atoms with van der Waals surface area (Å²) in [5.41, 5.74) is 1.39. The van der Waals surface area contributed by atoms with Gasteiger partial charge in [0.15, 0.2) is 0 Å². The minimum atomic E-state index is -0.171. The highest BCUT2D eigenvalue weighted by atomic mass is 19.1. The predicted octanol–water partition coefficient (Wildman–Crippen LogP) is 1.98. The summed E-state index contributed by atoms with van der Waals surface area (Å²) in [5, 5.41) is 4.06. The standard InChI is InChI=1S/C12H13FN2O/c13-10-7-9-1-6-16-12(9)8-11(10)15-4-2-14-3-5-15/h1,6-8,14H,2-5H2. The molecule has 0 spiro atoms. The molecule has 0 atom stereocenters. The van der Waals surface area contributed by atoms with Crippen molar-refractivity contribution < 1.29 is 8.81 Å². The van der Waals surface area contributed by atoms with Crippen LogP contribution >= 0.6 is 0 Å². The molecule has 1 aromatic heterocycles. The Morgan fingerprint density at radius 1 is 1.25 bits per heavy atom. The van der Waals surface area contributed by atoms with E-state index in [4.69, 9.17) is 4.42 Å². The number of fused-ring (bicyclic) bond motifs is 1. The lowest BCUT2D eigenvalue weighted by Gasteiger charge is -2.29. The van der Waals surface area contributed by atoms with E-state index in [1.54, 1.807) is 18.4 Å². The second-order valence-corrected chi connectivity index (χ2v) is 4.00. The molecule has 0 amide bonds. The van der Waals surface area contributed by atoms with E-state index in [0.717, 1.165) is 37.1 Å². The van der Waals surface area contributed by atoms with E-state index in [-0.39, 0.29) is 5.82 Å². The van der Waals surface area contributed by atoms with E-state index in [9.17, 15) is 4.39 Å². The molecule has 2 aromatic rings. The van der Waals surface area contributed by atoms with Gasteiger partial charge in [0.1, 0.15) is 11.4 Å². The van der Waals surface area contributed by atoms with Crippen molar-refractivity contribution in [1.29, 1.82) is 0 Å². The SMILES string of the molecule is Fc1cc2ccoc2cc1N1CCNCC1. The number of nitrogens with one attached hydrogen (secondary N) is 1. The Morgan fingerprint density at radius 2 is 2.06 bits per heavy atom. The largest absolute Gasteiger partial charge is 0.464 e. The first-order chi connectivity index (χ1) is 7.84. The molecule has 1 aromatic carbocycles. The molecule has 16 heavy (non-hydrogen) atoms. The maximum Gasteiger partial charge on any atom is 0.147 e. The molecule has 1 fully saturated rings. The van der Waals surface area contributed by atoms with Crippen molar-refractivity contribution in [2.75, 3.05) is 31.1 Å². The van der Waals surface area contributed by atoms with E-state index in [1.165, 1.54) is 6.07 Å². The first-order valence-corrected chi connectivity index (χ1v) is 5.47. The van der Waals surface area contributed by atoms with Gasteiger partial charge in [-0.15, -0.1) is 0 Å². The van der Waals surface area contributed by atoms with Crippen LogP contribution in [0.4, 0.5) is 10.1 Å². The molecule has 0 aliphatic carbocycles. The Hall–Kier alpha value is -1.55. The van der Waals surface area contributed by atoms with Crippen LogP contribution in [0.15, 0.2) is 28.9 Å². The van der Waals surface area contributed by atoms with Crippen LogP contribution in [0, 0.1) is 5.82 Å². The summed E-state index contributed by atoms with van der Waals surface area (Å²) in [6.45, 7) is 3.47. The van der Waals surface area contributed by atoms with E-state index >= 15 is 0 Å². The van der Waals surface area contributed by atoms with Crippen LogP contribution in [0.3, 0.4) is 0 Å². The zero-order valence-electron chi connectivity index (χ0n) is 8.87. The highest BCUT2D eigenvalue weighted by Gasteiger charge is 2.15. The zero-order valence-corrected chi connectivity index (χ0v) is 8.87. The van der Waals surface area contributed by atoms with Crippen LogP contribution in [0.1, 0.15) is 0 Å². The predicted molar refractivity (Wildman–Crippen MR) is 61.3 cm³/mol. The van der Waals surface area contributed by atoms with Crippen molar-refractivity contribution >= 4 is 16.7 Å². The van der Waals surface area contributed by atoms with Crippen LogP contribution < -0.4 is 10.2 Å². The third-order valence-corrected chi connectivity index (χ3v) is 2.98. The average molecular weight is 220 g/mol. The molecular formula is C12H13FN2O. The molecule has 0 radical (unpaired) electrons. The fraction of sp³-hybridized carbons (Fsp3) is 0.333. The van der Waals surface area contributed by atoms with Crippen LogP contribution in [0.2, 0.25) is 0 Å². The van der Waals surface area contributed by atoms with Crippen LogP contribution in [-0.2, 0) is 0 Å². The summed E-state index contributed by atoms with van der Waals surface area (Å²) in [6.07, 6.45) is 1.59. The van der Waals surface area contributed by atoms with Gasteiger partial charge in [0, 0.05) is 37.6 Å². The Labute approximate surface area is 92.8 Å². The lowest BCUT2D eigenvalue weighted by Crippen LogP contribution is -2.43. The van der Waals surface area contributed by atoms with Crippen molar-refractivity contribution in [3.63, 3.8) is 0 Å². The lowest BCUT2D eigenvalue weighted by atomic mass is 10.2. The van der Waals surface area contributed by atoms with Crippen molar-refractivity contribution in [3.8, 4) is 0 Å². The van der Waals surface area contributed by atoms with Gasteiger partial charge < -0.3 is 14.6 Å². The summed E-state index contributed by atoms with van der Waals surface area (Å²) in [4.78, 5) is 2.05. The molecule has 1 N–H and O–H groups in total. The summed E-state index contributed by atoms with van der Waals surface area (Å²) in [5.74, 6) is -0.171. The Balaban J connectivity index is 2.03. The van der Waals surface area contributed by atoms with E-state index in [2.05, 4.69) is 5.32 Å². The van der Waals surface area contributed by atoms with Gasteiger partial charge in [-0.25, -0.2) is 4.39 Å². The molecule has 84 valence electrons. The molecule has 3 nitrogen and oxygen atoms in total. The quantitative estimate of drug-likeness (QED) is 0.796. The Bertz CT molecular complexity index is 503. The van der Waals surface area contributed by atoms with Gasteiger partial charge in [-0.2, -0.15) is 0 Å². The van der Waals surface area contributed by atoms with Gasteiger partial charge in [0.2, 0.25) is 0 Å². The molecule has 2 heterocycles. The van der Waals surface area contributed by atoms with Gasteiger partial charge in [-0.3, -0.25) is 0 Å². The Morgan fingerprint density at radius 3 is 2.88 bits per heavy atom. The van der Waals surface area contributed by atoms with Crippen molar-refractivity contribution in [2.45, 2.75) is 0 Å². The number of rotatable bonds is 1. The monoisotopic (exact) mass is 220 g/mol. The number of furan rings is 1. The summed E-state index contributed by atoms with van der Waals surface area (Å²) in [7, 11) is 0. The van der Waals surface area contributed by atoms with Gasteiger partial charge in [-0.05, 0) is 12.1 Å². The number of anilines is 1. The first-order valence-electron chi connectivity index (χ1n) is 5.47. The Kier molecular flexibility index (Phi) is 2.29. The maximum atomic E-state index is 13.9. The number of halogens is 1. The van der Waals surface area contributed by atoms with Crippen molar-refractivity contribution in [2.24, 2.45) is 0 Å². The molecule has 0 bridgehead atoms. The van der Waals surface area contributed by atoms with Crippen LogP contribution in [-0.4, -0.2) is 26.2 Å². The molecule has 4 heteroatoms. The summed E-state index contributed by atoms with van der Waals surface area (Å²) >= 11 is 0. The fourth-order valence-electron chi connectivity index (χ4n) is 2.12. The van der Waals surface area contributed by atoms with Gasteiger partial charge >= 0.3 is 0 Å². The fourth-order valence-corrected chi connectivity index (χ4v) is 2.12. The number of hydrogen-bond donors (Lipinski definition) is 1. The second-order valence-electron chi connectivity index (χ2n) is 4.00. The number of piperazine rings is 1. The number of nitrogens with zero attached hydrogens (tertiary/aromatic N) is 1. The third-order valence-electron chi connectivity index (χ3n) is 2.98. The first kappa shape index (κ1) is 9.66. The summed E-state index contributed by atoms with van der Waals surface area (Å²) < 4.78 is 19.2. The topological polar surface area (TPSA) is 28.4 Å². The van der Waals surface area contributed by atoms with Crippen molar-refractivity contribution in [3.05, 3.63) is 30.3 Å². The molecule has 1 aliphatic rings. The van der Waals surface area contributed by atoms with Crippen LogP contribution in [0.5, 0.6) is 0 Å². The number of benzene rings is 1. The van der Waals surface area contributed by atoms with E-state index in [0.29, 0.717) is 5.69 Å². The molecule has 3 rings (SSSR count). The molecular weight excluding hydrogens is 207 g/mol. The minimum absolute atomic E-state index is 0.171. The maximum absolute atomic E-state index is 13.9. The van der Waals surface area contributed by atoms with E-state index < -0.39 is 0 Å². The van der Waals surface area contributed by atoms with E-state index in [1.807, 2.05) is 4.90 Å². The van der Waals surface area contributed by atoms with Gasteiger partial charge in [0.05, 0.1) is 12.0 Å². The lowest BCUT2D eigenvalue weighted by molar-refractivity contribution is 0.565. The molecule has 0 saturated carbocycles. The third kappa shape index (κ3) is 1.55. The average Bonchev–Trinajstić information content (AvgIpc) is 2.76. The summed E-state index contributed by atoms with van der Waals surface area (Å²) in [6, 6.07) is 5.10. The molecule has 1 saturated heterocycles. The highest BCUT2D eigenvalue weighted by Crippen LogP contribution is 2.26. The zero-order chi connectivity index (χ0) is 11.0.